The van der Waals surface area contributed by atoms with Crippen LogP contribution < -0.4 is 0 Å². The zero-order chi connectivity index (χ0) is 10.0. The van der Waals surface area contributed by atoms with Crippen LogP contribution >= 0.6 is 0 Å². The molecule has 0 bridgehead atoms. The van der Waals surface area contributed by atoms with Crippen LogP contribution in [0, 0.1) is 0 Å². The zero-order valence-corrected chi connectivity index (χ0v) is 7.13. The lowest BCUT2D eigenvalue weighted by molar-refractivity contribution is -0.283. The number of rotatable bonds is 2. The highest BCUT2D eigenvalue weighted by Gasteiger charge is 2.44. The van der Waals surface area contributed by atoms with Crippen LogP contribution in [-0.4, -0.2) is 59.8 Å². The van der Waals surface area contributed by atoms with Gasteiger partial charge in [0.1, 0.15) is 18.3 Å². The molecule has 0 unspecified atom stereocenters. The van der Waals surface area contributed by atoms with E-state index in [0.717, 1.165) is 0 Å². The predicted octanol–water partition coefficient (Wildman–Crippen LogP) is -1.59. The number of halogens is 1. The summed E-state index contributed by atoms with van der Waals surface area (Å²) in [7, 11) is 1.26. The number of hydrogen-bond acceptors (Lipinski definition) is 5. The summed E-state index contributed by atoms with van der Waals surface area (Å²) >= 11 is 0. The largest absolute Gasteiger partial charge is 0.394 e. The molecule has 0 saturated carbocycles. The second kappa shape index (κ2) is 4.30. The molecule has 0 radical (unpaired) electrons. The Kier molecular flexibility index (Phi) is 3.57. The van der Waals surface area contributed by atoms with Gasteiger partial charge in [-0.3, -0.25) is 0 Å². The molecule has 0 aromatic heterocycles. The molecule has 13 heavy (non-hydrogen) atoms. The summed E-state index contributed by atoms with van der Waals surface area (Å²) in [6, 6.07) is 0. The van der Waals surface area contributed by atoms with E-state index in [0.29, 0.717) is 0 Å². The first-order chi connectivity index (χ1) is 6.11. The molecular formula is C7H13FO5. The first-order valence-corrected chi connectivity index (χ1v) is 3.91. The van der Waals surface area contributed by atoms with Crippen LogP contribution in [0.1, 0.15) is 0 Å². The van der Waals surface area contributed by atoms with Gasteiger partial charge < -0.3 is 24.8 Å². The number of methoxy groups -OCH3 is 1. The van der Waals surface area contributed by atoms with Gasteiger partial charge in [-0.1, -0.05) is 0 Å². The van der Waals surface area contributed by atoms with Gasteiger partial charge in [-0.05, 0) is 0 Å². The summed E-state index contributed by atoms with van der Waals surface area (Å²) in [5.74, 6) is 0. The highest BCUT2D eigenvalue weighted by Crippen LogP contribution is 2.23. The van der Waals surface area contributed by atoms with Gasteiger partial charge in [-0.15, -0.1) is 0 Å². The summed E-state index contributed by atoms with van der Waals surface area (Å²) in [5.41, 5.74) is 0. The van der Waals surface area contributed by atoms with E-state index in [9.17, 15) is 9.50 Å². The van der Waals surface area contributed by atoms with E-state index in [1.54, 1.807) is 0 Å². The fourth-order valence-corrected chi connectivity index (χ4v) is 1.24. The third kappa shape index (κ3) is 1.97. The molecule has 0 aromatic carbocycles. The topological polar surface area (TPSA) is 79.2 Å². The van der Waals surface area contributed by atoms with E-state index in [1.165, 1.54) is 7.11 Å². The van der Waals surface area contributed by atoms with E-state index in [4.69, 9.17) is 14.9 Å². The molecule has 0 aromatic rings. The minimum absolute atomic E-state index is 0.565. The molecule has 0 amide bonds. The van der Waals surface area contributed by atoms with Crippen molar-refractivity contribution in [1.29, 1.82) is 0 Å². The van der Waals surface area contributed by atoms with Crippen LogP contribution in [0.15, 0.2) is 0 Å². The predicted molar refractivity (Wildman–Crippen MR) is 39.7 cm³/mol. The molecule has 5 atom stereocenters. The van der Waals surface area contributed by atoms with Crippen molar-refractivity contribution >= 4 is 0 Å². The molecule has 1 rings (SSSR count). The summed E-state index contributed by atoms with van der Waals surface area (Å²) < 4.78 is 22.5. The summed E-state index contributed by atoms with van der Waals surface area (Å²) in [4.78, 5) is 0. The quantitative estimate of drug-likeness (QED) is 0.496. The first-order valence-electron chi connectivity index (χ1n) is 3.91. The third-order valence-electron chi connectivity index (χ3n) is 2.03. The number of aliphatic hydroxyl groups is 3. The van der Waals surface area contributed by atoms with Gasteiger partial charge >= 0.3 is 0 Å². The van der Waals surface area contributed by atoms with Gasteiger partial charge in [-0.2, -0.15) is 0 Å². The molecule has 1 heterocycles. The maximum absolute atomic E-state index is 13.1. The van der Waals surface area contributed by atoms with Crippen molar-refractivity contribution in [3.63, 3.8) is 0 Å². The van der Waals surface area contributed by atoms with E-state index in [2.05, 4.69) is 4.74 Å². The Balaban J connectivity index is 2.66. The number of hydrogen-bond donors (Lipinski definition) is 3. The Bertz CT molecular complexity index is 147. The van der Waals surface area contributed by atoms with E-state index >= 15 is 0 Å². The highest BCUT2D eigenvalue weighted by molar-refractivity contribution is 4.88. The lowest BCUT2D eigenvalue weighted by atomic mass is 10.0. The molecule has 1 saturated heterocycles. The molecule has 0 aliphatic carbocycles. The molecule has 5 nitrogen and oxygen atoms in total. The van der Waals surface area contributed by atoms with Crippen LogP contribution in [0.3, 0.4) is 0 Å². The normalized spacial score (nSPS) is 46.4. The fourth-order valence-electron chi connectivity index (χ4n) is 1.24. The molecule has 6 heteroatoms. The van der Waals surface area contributed by atoms with Crippen molar-refractivity contribution in [3.8, 4) is 0 Å². The zero-order valence-electron chi connectivity index (χ0n) is 7.13. The minimum atomic E-state index is -1.80. The standard InChI is InChI=1S/C7H13FO5/c1-12-7-6(11)5(10)4(8)3(2-9)13-7/h3-7,9-11H,2H2,1H3/t3-,4+,5+,6+,7+/m1/s1. The van der Waals surface area contributed by atoms with Crippen LogP contribution in [0.5, 0.6) is 0 Å². The fraction of sp³-hybridized carbons (Fsp3) is 1.00. The van der Waals surface area contributed by atoms with Crippen molar-refractivity contribution in [1.82, 2.24) is 0 Å². The average Bonchev–Trinajstić information content (AvgIpc) is 2.15. The second-order valence-electron chi connectivity index (χ2n) is 2.89. The number of ether oxygens (including phenoxy) is 2. The first kappa shape index (κ1) is 10.8. The van der Waals surface area contributed by atoms with Crippen molar-refractivity contribution in [3.05, 3.63) is 0 Å². The third-order valence-corrected chi connectivity index (χ3v) is 2.03. The van der Waals surface area contributed by atoms with Gasteiger partial charge in [0.2, 0.25) is 0 Å². The second-order valence-corrected chi connectivity index (χ2v) is 2.89. The Morgan fingerprint density at radius 2 is 2.00 bits per heavy atom. The van der Waals surface area contributed by atoms with Crippen LogP contribution in [0.4, 0.5) is 4.39 Å². The van der Waals surface area contributed by atoms with Crippen molar-refractivity contribution in [2.24, 2.45) is 0 Å². The molecular weight excluding hydrogens is 183 g/mol. The molecule has 0 spiro atoms. The molecule has 1 fully saturated rings. The van der Waals surface area contributed by atoms with Crippen molar-refractivity contribution < 1.29 is 29.2 Å². The Morgan fingerprint density at radius 1 is 1.38 bits per heavy atom. The van der Waals surface area contributed by atoms with Gasteiger partial charge in [0.25, 0.3) is 0 Å². The molecule has 3 N–H and O–H groups in total. The van der Waals surface area contributed by atoms with Crippen LogP contribution in [-0.2, 0) is 9.47 Å². The smallest absolute Gasteiger partial charge is 0.186 e. The van der Waals surface area contributed by atoms with Gasteiger partial charge in [0, 0.05) is 7.11 Å². The molecule has 1 aliphatic heterocycles. The summed E-state index contributed by atoms with van der Waals surface area (Å²) in [5, 5.41) is 27.0. The number of aliphatic hydroxyl groups excluding tert-OH is 3. The average molecular weight is 196 g/mol. The molecule has 1 aliphatic rings. The monoisotopic (exact) mass is 196 g/mol. The number of alkyl halides is 1. The maximum Gasteiger partial charge on any atom is 0.186 e. The highest BCUT2D eigenvalue weighted by atomic mass is 19.1. The van der Waals surface area contributed by atoms with Gasteiger partial charge in [0.05, 0.1) is 6.61 Å². The van der Waals surface area contributed by atoms with E-state index < -0.39 is 37.4 Å². The summed E-state index contributed by atoms with van der Waals surface area (Å²) in [6.45, 7) is -0.565. The van der Waals surface area contributed by atoms with Crippen molar-refractivity contribution in [2.45, 2.75) is 30.8 Å². The lowest BCUT2D eigenvalue weighted by Gasteiger charge is -2.37. The summed E-state index contributed by atoms with van der Waals surface area (Å²) in [6.07, 6.45) is -7.06. The SMILES string of the molecule is CO[C@H]1O[C@H](CO)[C@H](F)[C@H](O)[C@@H]1O. The molecule has 78 valence electrons. The Hall–Kier alpha value is -0.270. The van der Waals surface area contributed by atoms with E-state index in [-0.39, 0.29) is 0 Å². The van der Waals surface area contributed by atoms with Crippen LogP contribution in [0.2, 0.25) is 0 Å². The van der Waals surface area contributed by atoms with Gasteiger partial charge in [-0.25, -0.2) is 4.39 Å². The van der Waals surface area contributed by atoms with Crippen LogP contribution in [0.25, 0.3) is 0 Å². The lowest BCUT2D eigenvalue weighted by Crippen LogP contribution is -2.57. The van der Waals surface area contributed by atoms with E-state index in [1.807, 2.05) is 0 Å². The Morgan fingerprint density at radius 3 is 2.46 bits per heavy atom. The van der Waals surface area contributed by atoms with Gasteiger partial charge in [0.15, 0.2) is 12.5 Å². The maximum atomic E-state index is 13.1. The Labute approximate surface area is 74.7 Å². The van der Waals surface area contributed by atoms with Crippen molar-refractivity contribution in [2.75, 3.05) is 13.7 Å². The minimum Gasteiger partial charge on any atom is -0.394 e.